The molecular weight excluding hydrogens is 437 g/mol. The van der Waals surface area contributed by atoms with E-state index in [0.717, 1.165) is 29.0 Å². The summed E-state index contributed by atoms with van der Waals surface area (Å²) in [4.78, 5) is 16.1. The molecule has 0 saturated carbocycles. The number of carbonyl (C=O) groups is 1. The second-order valence-corrected chi connectivity index (χ2v) is 9.69. The van der Waals surface area contributed by atoms with Crippen LogP contribution in [-0.4, -0.2) is 35.4 Å². The Balaban J connectivity index is 1.41. The molecule has 0 radical (unpaired) electrons. The molecule has 168 valence electrons. The smallest absolute Gasteiger partial charge is 0.206 e. The predicted molar refractivity (Wildman–Crippen MR) is 129 cm³/mol. The standard InChI is InChI=1S/C27H24FNO3S/c1-17-15-29(16-17)13-12-18-2-9-22(10-3-18)32-26-23-11-8-21(30)14-24(23)33-27(26)25(31)19-4-6-20(28)7-5-19/h2-11,14,17,30H,12-13,15-16H2,1H3. The van der Waals surface area contributed by atoms with Gasteiger partial charge in [-0.2, -0.15) is 0 Å². The maximum Gasteiger partial charge on any atom is 0.206 e. The van der Waals surface area contributed by atoms with Gasteiger partial charge in [-0.25, -0.2) is 4.39 Å². The van der Waals surface area contributed by atoms with E-state index in [2.05, 4.69) is 24.0 Å². The molecule has 0 atom stereocenters. The number of hydrogen-bond acceptors (Lipinski definition) is 5. The highest BCUT2D eigenvalue weighted by molar-refractivity contribution is 7.21. The molecule has 6 heteroatoms. The van der Waals surface area contributed by atoms with Crippen molar-refractivity contribution in [2.45, 2.75) is 13.3 Å². The van der Waals surface area contributed by atoms with Crippen LogP contribution in [0.5, 0.6) is 17.2 Å². The third kappa shape index (κ3) is 4.63. The molecule has 2 heterocycles. The van der Waals surface area contributed by atoms with E-state index in [1.165, 1.54) is 54.3 Å². The Morgan fingerprint density at radius 2 is 1.82 bits per heavy atom. The Morgan fingerprint density at radius 3 is 2.52 bits per heavy atom. The molecule has 0 unspecified atom stereocenters. The molecular formula is C27H24FNO3S. The van der Waals surface area contributed by atoms with Crippen molar-refractivity contribution in [2.75, 3.05) is 19.6 Å². The Morgan fingerprint density at radius 1 is 1.09 bits per heavy atom. The quantitative estimate of drug-likeness (QED) is 0.330. The van der Waals surface area contributed by atoms with E-state index in [1.807, 2.05) is 12.1 Å². The van der Waals surface area contributed by atoms with Gasteiger partial charge in [-0.3, -0.25) is 4.79 Å². The van der Waals surface area contributed by atoms with Gasteiger partial charge in [0.1, 0.15) is 22.2 Å². The van der Waals surface area contributed by atoms with Crippen molar-refractivity contribution >= 4 is 27.2 Å². The van der Waals surface area contributed by atoms with Crippen LogP contribution >= 0.6 is 11.3 Å². The van der Waals surface area contributed by atoms with E-state index in [4.69, 9.17) is 4.74 Å². The third-order valence-corrected chi connectivity index (χ3v) is 7.07. The van der Waals surface area contributed by atoms with Crippen LogP contribution in [0.2, 0.25) is 0 Å². The first kappa shape index (κ1) is 21.6. The van der Waals surface area contributed by atoms with Crippen molar-refractivity contribution in [3.8, 4) is 17.2 Å². The number of rotatable bonds is 7. The van der Waals surface area contributed by atoms with Crippen LogP contribution in [0.4, 0.5) is 4.39 Å². The summed E-state index contributed by atoms with van der Waals surface area (Å²) in [5.74, 6) is 1.37. The normalized spacial score (nSPS) is 14.4. The second kappa shape index (κ2) is 8.96. The summed E-state index contributed by atoms with van der Waals surface area (Å²) in [6.07, 6.45) is 0.988. The maximum absolute atomic E-state index is 13.3. The van der Waals surface area contributed by atoms with E-state index < -0.39 is 5.82 Å². The van der Waals surface area contributed by atoms with Crippen LogP contribution in [0.3, 0.4) is 0 Å². The van der Waals surface area contributed by atoms with Crippen molar-refractivity contribution in [1.29, 1.82) is 0 Å². The molecule has 1 aliphatic rings. The van der Waals surface area contributed by atoms with Crippen LogP contribution in [0.15, 0.2) is 66.7 Å². The first-order valence-corrected chi connectivity index (χ1v) is 11.8. The first-order valence-electron chi connectivity index (χ1n) is 11.0. The first-order chi connectivity index (χ1) is 16.0. The lowest BCUT2D eigenvalue weighted by Crippen LogP contribution is -2.45. The second-order valence-electron chi connectivity index (χ2n) is 8.64. The lowest BCUT2D eigenvalue weighted by Gasteiger charge is -2.37. The van der Waals surface area contributed by atoms with Gasteiger partial charge >= 0.3 is 0 Å². The van der Waals surface area contributed by atoms with E-state index in [1.54, 1.807) is 18.2 Å². The van der Waals surface area contributed by atoms with E-state index in [0.29, 0.717) is 21.9 Å². The molecule has 1 aliphatic heterocycles. The van der Waals surface area contributed by atoms with Gasteiger partial charge in [0, 0.05) is 35.3 Å². The van der Waals surface area contributed by atoms with Crippen LogP contribution in [-0.2, 0) is 6.42 Å². The molecule has 0 bridgehead atoms. The third-order valence-electron chi connectivity index (χ3n) is 5.94. The Hall–Kier alpha value is -3.22. The van der Waals surface area contributed by atoms with Gasteiger partial charge in [-0.15, -0.1) is 11.3 Å². The molecule has 0 aliphatic carbocycles. The fourth-order valence-electron chi connectivity index (χ4n) is 4.18. The SMILES string of the molecule is CC1CN(CCc2ccc(Oc3c(C(=O)c4ccc(F)cc4)sc4cc(O)ccc34)cc2)C1. The summed E-state index contributed by atoms with van der Waals surface area (Å²) >= 11 is 1.25. The molecule has 0 spiro atoms. The molecule has 1 N–H and O–H groups in total. The Kier molecular flexibility index (Phi) is 5.87. The fraction of sp³-hybridized carbons (Fsp3) is 0.222. The number of phenols is 1. The van der Waals surface area contributed by atoms with Gasteiger partial charge in [0.2, 0.25) is 5.78 Å². The number of thiophene rings is 1. The maximum atomic E-state index is 13.3. The number of ether oxygens (including phenoxy) is 1. The fourth-order valence-corrected chi connectivity index (χ4v) is 5.31. The summed E-state index contributed by atoms with van der Waals surface area (Å²) in [6.45, 7) is 5.67. The number of halogens is 1. The number of nitrogens with zero attached hydrogens (tertiary/aromatic N) is 1. The van der Waals surface area contributed by atoms with E-state index in [9.17, 15) is 14.3 Å². The number of fused-ring (bicyclic) bond motifs is 1. The molecule has 1 aromatic heterocycles. The molecule has 5 rings (SSSR count). The van der Waals surface area contributed by atoms with Gasteiger partial charge in [-0.1, -0.05) is 19.1 Å². The lowest BCUT2D eigenvalue weighted by molar-refractivity contribution is 0.104. The number of phenolic OH excluding ortho intramolecular Hbond substituents is 1. The van der Waals surface area contributed by atoms with Crippen molar-refractivity contribution < 1.29 is 19.0 Å². The van der Waals surface area contributed by atoms with Crippen molar-refractivity contribution in [3.05, 3.63) is 88.6 Å². The molecule has 4 nitrogen and oxygen atoms in total. The van der Waals surface area contributed by atoms with Gasteiger partial charge in [0.25, 0.3) is 0 Å². The highest BCUT2D eigenvalue weighted by Gasteiger charge is 2.23. The number of benzene rings is 3. The average molecular weight is 462 g/mol. The summed E-state index contributed by atoms with van der Waals surface area (Å²) in [5.41, 5.74) is 1.62. The Labute approximate surface area is 195 Å². The molecule has 4 aromatic rings. The van der Waals surface area contributed by atoms with Crippen molar-refractivity contribution in [2.24, 2.45) is 5.92 Å². The van der Waals surface area contributed by atoms with E-state index in [-0.39, 0.29) is 11.5 Å². The summed E-state index contributed by atoms with van der Waals surface area (Å²) in [7, 11) is 0. The predicted octanol–water partition coefficient (Wildman–Crippen LogP) is 6.26. The highest BCUT2D eigenvalue weighted by Crippen LogP contribution is 2.42. The van der Waals surface area contributed by atoms with E-state index >= 15 is 0 Å². The topological polar surface area (TPSA) is 49.8 Å². The molecule has 33 heavy (non-hydrogen) atoms. The molecule has 0 amide bonds. The molecule has 1 fully saturated rings. The highest BCUT2D eigenvalue weighted by atomic mass is 32.1. The largest absolute Gasteiger partial charge is 0.508 e. The van der Waals surface area contributed by atoms with Crippen LogP contribution < -0.4 is 4.74 Å². The van der Waals surface area contributed by atoms with Gasteiger partial charge in [0.15, 0.2) is 5.75 Å². The van der Waals surface area contributed by atoms with Crippen LogP contribution in [0, 0.1) is 11.7 Å². The molecule has 1 saturated heterocycles. The summed E-state index contributed by atoms with van der Waals surface area (Å²) < 4.78 is 20.3. The average Bonchev–Trinajstić information content (AvgIpc) is 3.14. The van der Waals surface area contributed by atoms with Crippen molar-refractivity contribution in [1.82, 2.24) is 4.90 Å². The van der Waals surface area contributed by atoms with Gasteiger partial charge in [0.05, 0.1) is 0 Å². The monoisotopic (exact) mass is 461 g/mol. The lowest BCUT2D eigenvalue weighted by atomic mass is 10.0. The number of ketones is 1. The minimum absolute atomic E-state index is 0.122. The number of carbonyl (C=O) groups excluding carboxylic acids is 1. The van der Waals surface area contributed by atoms with Gasteiger partial charge < -0.3 is 14.7 Å². The minimum Gasteiger partial charge on any atom is -0.508 e. The van der Waals surface area contributed by atoms with Crippen molar-refractivity contribution in [3.63, 3.8) is 0 Å². The number of likely N-dealkylation sites (tertiary alicyclic amines) is 1. The molecule has 3 aromatic carbocycles. The zero-order valence-electron chi connectivity index (χ0n) is 18.3. The number of aromatic hydroxyl groups is 1. The summed E-state index contributed by atoms with van der Waals surface area (Å²) in [6, 6.07) is 18.4. The van der Waals surface area contributed by atoms with Crippen LogP contribution in [0.25, 0.3) is 10.1 Å². The van der Waals surface area contributed by atoms with Crippen LogP contribution in [0.1, 0.15) is 27.7 Å². The zero-order valence-corrected chi connectivity index (χ0v) is 19.1. The Bertz CT molecular complexity index is 1290. The zero-order chi connectivity index (χ0) is 22.9. The van der Waals surface area contributed by atoms with Gasteiger partial charge in [-0.05, 0) is 72.5 Å². The minimum atomic E-state index is -0.395. The summed E-state index contributed by atoms with van der Waals surface area (Å²) in [5, 5.41) is 10.6. The number of hydrogen-bond donors (Lipinski definition) is 1.